The fourth-order valence-corrected chi connectivity index (χ4v) is 2.88. The molecular formula is C17H15ClN4O2S. The minimum atomic E-state index is -0.351. The Morgan fingerprint density at radius 1 is 1.12 bits per heavy atom. The summed E-state index contributed by atoms with van der Waals surface area (Å²) >= 11 is 7.58. The molecule has 0 aliphatic carbocycles. The summed E-state index contributed by atoms with van der Waals surface area (Å²) in [4.78, 5) is 12.8. The van der Waals surface area contributed by atoms with Crippen molar-refractivity contribution in [3.05, 3.63) is 58.9 Å². The van der Waals surface area contributed by atoms with Crippen LogP contribution in [0.25, 0.3) is 10.6 Å². The van der Waals surface area contributed by atoms with Crippen molar-refractivity contribution in [3.8, 4) is 16.5 Å². The van der Waals surface area contributed by atoms with Crippen LogP contribution in [0.15, 0.2) is 53.9 Å². The number of hydrogen-bond acceptors (Lipinski definition) is 5. The molecule has 0 radical (unpaired) electrons. The van der Waals surface area contributed by atoms with E-state index in [1.54, 1.807) is 41.7 Å². The molecule has 2 heterocycles. The second-order valence-corrected chi connectivity index (χ2v) is 6.30. The fraction of sp³-hybridized carbons (Fsp3) is 0.118. The van der Waals surface area contributed by atoms with Gasteiger partial charge in [0, 0.05) is 6.07 Å². The van der Waals surface area contributed by atoms with Gasteiger partial charge in [0.15, 0.2) is 0 Å². The van der Waals surface area contributed by atoms with Gasteiger partial charge in [0.2, 0.25) is 5.88 Å². The SMILES string of the molecule is O=C(NCCOc1ccc(-c2cccs2)nn1)Nc1ccccc1Cl. The monoisotopic (exact) mass is 374 g/mol. The Kier molecular flexibility index (Phi) is 5.81. The second kappa shape index (κ2) is 8.46. The fourth-order valence-electron chi connectivity index (χ4n) is 2.00. The number of benzene rings is 1. The van der Waals surface area contributed by atoms with E-state index in [1.165, 1.54) is 0 Å². The highest BCUT2D eigenvalue weighted by atomic mass is 35.5. The number of amides is 2. The molecule has 128 valence electrons. The molecule has 0 fully saturated rings. The van der Waals surface area contributed by atoms with Gasteiger partial charge in [-0.1, -0.05) is 29.8 Å². The molecule has 2 aromatic heterocycles. The molecule has 3 rings (SSSR count). The van der Waals surface area contributed by atoms with Crippen LogP contribution < -0.4 is 15.4 Å². The number of hydrogen-bond donors (Lipinski definition) is 2. The number of anilines is 1. The molecular weight excluding hydrogens is 360 g/mol. The van der Waals surface area contributed by atoms with Gasteiger partial charge < -0.3 is 15.4 Å². The van der Waals surface area contributed by atoms with Crippen molar-refractivity contribution in [2.75, 3.05) is 18.5 Å². The van der Waals surface area contributed by atoms with E-state index in [-0.39, 0.29) is 12.6 Å². The standard InChI is InChI=1S/C17H15ClN4O2S/c18-12-4-1-2-5-13(12)20-17(23)19-9-10-24-16-8-7-14(21-22-16)15-6-3-11-25-15/h1-8,11H,9-10H2,(H2,19,20,23). The van der Waals surface area contributed by atoms with Crippen molar-refractivity contribution in [2.45, 2.75) is 0 Å². The van der Waals surface area contributed by atoms with Crippen molar-refractivity contribution in [1.82, 2.24) is 15.5 Å². The molecule has 1 aromatic carbocycles. The first kappa shape index (κ1) is 17.2. The maximum Gasteiger partial charge on any atom is 0.319 e. The van der Waals surface area contributed by atoms with Gasteiger partial charge in [0.05, 0.1) is 22.1 Å². The zero-order valence-corrected chi connectivity index (χ0v) is 14.7. The Balaban J connectivity index is 1.41. The van der Waals surface area contributed by atoms with Gasteiger partial charge in [-0.15, -0.1) is 21.5 Å². The van der Waals surface area contributed by atoms with E-state index in [0.717, 1.165) is 10.6 Å². The third kappa shape index (κ3) is 4.91. The predicted molar refractivity (Wildman–Crippen MR) is 99.3 cm³/mol. The van der Waals surface area contributed by atoms with Crippen LogP contribution in [-0.4, -0.2) is 29.4 Å². The molecule has 2 N–H and O–H groups in total. The lowest BCUT2D eigenvalue weighted by molar-refractivity contribution is 0.246. The van der Waals surface area contributed by atoms with Gasteiger partial charge >= 0.3 is 6.03 Å². The molecule has 6 nitrogen and oxygen atoms in total. The summed E-state index contributed by atoms with van der Waals surface area (Å²) in [6.07, 6.45) is 0. The van der Waals surface area contributed by atoms with E-state index in [9.17, 15) is 4.79 Å². The van der Waals surface area contributed by atoms with Crippen molar-refractivity contribution in [3.63, 3.8) is 0 Å². The number of nitrogens with one attached hydrogen (secondary N) is 2. The average molecular weight is 375 g/mol. The van der Waals surface area contributed by atoms with E-state index in [2.05, 4.69) is 20.8 Å². The predicted octanol–water partition coefficient (Wildman–Crippen LogP) is 4.06. The topological polar surface area (TPSA) is 76.1 Å². The lowest BCUT2D eigenvalue weighted by Gasteiger charge is -2.09. The average Bonchev–Trinajstić information content (AvgIpc) is 3.16. The highest BCUT2D eigenvalue weighted by Crippen LogP contribution is 2.22. The smallest absolute Gasteiger partial charge is 0.319 e. The summed E-state index contributed by atoms with van der Waals surface area (Å²) in [5.74, 6) is 0.411. The molecule has 0 aliphatic rings. The molecule has 2 amide bonds. The zero-order valence-electron chi connectivity index (χ0n) is 13.1. The Morgan fingerprint density at radius 3 is 2.72 bits per heavy atom. The second-order valence-electron chi connectivity index (χ2n) is 4.94. The number of aromatic nitrogens is 2. The Hall–Kier alpha value is -2.64. The first-order chi connectivity index (χ1) is 12.2. The van der Waals surface area contributed by atoms with Crippen molar-refractivity contribution >= 4 is 34.7 Å². The quantitative estimate of drug-likeness (QED) is 0.638. The lowest BCUT2D eigenvalue weighted by atomic mass is 10.3. The highest BCUT2D eigenvalue weighted by Gasteiger charge is 2.05. The van der Waals surface area contributed by atoms with Crippen LogP contribution >= 0.6 is 22.9 Å². The highest BCUT2D eigenvalue weighted by molar-refractivity contribution is 7.13. The number of rotatable bonds is 6. The first-order valence-corrected chi connectivity index (χ1v) is 8.78. The largest absolute Gasteiger partial charge is 0.475 e. The van der Waals surface area contributed by atoms with Crippen LogP contribution in [0.2, 0.25) is 5.02 Å². The third-order valence-corrected chi connectivity index (χ3v) is 4.40. The molecule has 8 heteroatoms. The molecule has 0 bridgehead atoms. The summed E-state index contributed by atoms with van der Waals surface area (Å²) in [5, 5.41) is 16.0. The molecule has 0 atom stereocenters. The molecule has 0 aliphatic heterocycles. The Morgan fingerprint density at radius 2 is 2.00 bits per heavy atom. The van der Waals surface area contributed by atoms with E-state index in [1.807, 2.05) is 23.6 Å². The van der Waals surface area contributed by atoms with Gasteiger partial charge in [-0.2, -0.15) is 0 Å². The van der Waals surface area contributed by atoms with E-state index in [0.29, 0.717) is 23.1 Å². The Bertz CT molecular complexity index is 825. The lowest BCUT2D eigenvalue weighted by Crippen LogP contribution is -2.32. The van der Waals surface area contributed by atoms with Crippen LogP contribution in [-0.2, 0) is 0 Å². The summed E-state index contributed by atoms with van der Waals surface area (Å²) in [6.45, 7) is 0.605. The third-order valence-electron chi connectivity index (χ3n) is 3.17. The molecule has 0 saturated heterocycles. The van der Waals surface area contributed by atoms with Crippen LogP contribution in [0, 0.1) is 0 Å². The van der Waals surface area contributed by atoms with Crippen molar-refractivity contribution in [1.29, 1.82) is 0 Å². The summed E-state index contributed by atoms with van der Waals surface area (Å²) in [5.41, 5.74) is 1.36. The molecule has 0 spiro atoms. The van der Waals surface area contributed by atoms with Crippen molar-refractivity contribution < 1.29 is 9.53 Å². The minimum Gasteiger partial charge on any atom is -0.475 e. The van der Waals surface area contributed by atoms with E-state index in [4.69, 9.17) is 16.3 Å². The van der Waals surface area contributed by atoms with Crippen LogP contribution in [0.5, 0.6) is 5.88 Å². The number of carbonyl (C=O) groups is 1. The number of para-hydroxylation sites is 1. The van der Waals surface area contributed by atoms with Crippen LogP contribution in [0.3, 0.4) is 0 Å². The van der Waals surface area contributed by atoms with Crippen molar-refractivity contribution in [2.24, 2.45) is 0 Å². The molecule has 0 unspecified atom stereocenters. The van der Waals surface area contributed by atoms with E-state index < -0.39 is 0 Å². The van der Waals surface area contributed by atoms with Gasteiger partial charge in [-0.05, 0) is 29.6 Å². The Labute approximate surface area is 153 Å². The van der Waals surface area contributed by atoms with Crippen LogP contribution in [0.4, 0.5) is 10.5 Å². The normalized spacial score (nSPS) is 10.3. The zero-order chi connectivity index (χ0) is 17.5. The summed E-state index contributed by atoms with van der Waals surface area (Å²) < 4.78 is 5.46. The number of thiophene rings is 1. The van der Waals surface area contributed by atoms with Gasteiger partial charge in [0.1, 0.15) is 12.3 Å². The minimum absolute atomic E-state index is 0.281. The number of urea groups is 1. The number of nitrogens with zero attached hydrogens (tertiary/aromatic N) is 2. The number of halogens is 1. The van der Waals surface area contributed by atoms with Gasteiger partial charge in [0.25, 0.3) is 0 Å². The molecule has 0 saturated carbocycles. The summed E-state index contributed by atoms with van der Waals surface area (Å²) in [7, 11) is 0. The van der Waals surface area contributed by atoms with Gasteiger partial charge in [-0.3, -0.25) is 0 Å². The van der Waals surface area contributed by atoms with Crippen LogP contribution in [0.1, 0.15) is 0 Å². The summed E-state index contributed by atoms with van der Waals surface area (Å²) in [6, 6.07) is 14.2. The molecule has 25 heavy (non-hydrogen) atoms. The number of carbonyl (C=O) groups excluding carboxylic acids is 1. The van der Waals surface area contributed by atoms with E-state index >= 15 is 0 Å². The maximum absolute atomic E-state index is 11.8. The number of ether oxygens (including phenoxy) is 1. The van der Waals surface area contributed by atoms with Gasteiger partial charge in [-0.25, -0.2) is 4.79 Å². The molecule has 3 aromatic rings. The first-order valence-electron chi connectivity index (χ1n) is 7.52. The maximum atomic E-state index is 11.8.